The predicted molar refractivity (Wildman–Crippen MR) is 70.7 cm³/mol. The minimum Gasteiger partial charge on any atom is -0.383 e. The van der Waals surface area contributed by atoms with Gasteiger partial charge in [0.1, 0.15) is 0 Å². The largest absolute Gasteiger partial charge is 0.383 e. The number of methoxy groups -OCH3 is 1. The lowest BCUT2D eigenvalue weighted by molar-refractivity contribution is -0.0142. The maximum absolute atomic E-state index is 6.02. The van der Waals surface area contributed by atoms with Gasteiger partial charge in [-0.2, -0.15) is 0 Å². The van der Waals surface area contributed by atoms with Crippen LogP contribution in [0.3, 0.4) is 0 Å². The second kappa shape index (κ2) is 8.04. The van der Waals surface area contributed by atoms with Crippen LogP contribution < -0.4 is 5.73 Å². The molecule has 0 aliphatic carbocycles. The van der Waals surface area contributed by atoms with E-state index in [0.29, 0.717) is 12.5 Å². The molecule has 1 unspecified atom stereocenters. The van der Waals surface area contributed by atoms with E-state index in [1.54, 1.807) is 7.11 Å². The molecule has 0 heterocycles. The van der Waals surface area contributed by atoms with Crippen molar-refractivity contribution >= 4 is 0 Å². The number of likely N-dealkylation sites (N-methyl/N-ethyl adjacent to an activating group) is 1. The summed E-state index contributed by atoms with van der Waals surface area (Å²) in [5.41, 5.74) is 6.02. The first-order valence-corrected chi connectivity index (χ1v) is 6.53. The van der Waals surface area contributed by atoms with Crippen molar-refractivity contribution in [1.29, 1.82) is 0 Å². The second-order valence-electron chi connectivity index (χ2n) is 4.83. The average Bonchev–Trinajstić information content (AvgIpc) is 2.27. The van der Waals surface area contributed by atoms with E-state index in [4.69, 9.17) is 10.5 Å². The van der Waals surface area contributed by atoms with Gasteiger partial charge in [-0.1, -0.05) is 34.1 Å². The maximum Gasteiger partial charge on any atom is 0.0661 e. The number of ether oxygens (including phenoxy) is 1. The molecule has 0 rings (SSSR count). The Labute approximate surface area is 101 Å². The third-order valence-electron chi connectivity index (χ3n) is 3.62. The lowest BCUT2D eigenvalue weighted by Gasteiger charge is -2.45. The van der Waals surface area contributed by atoms with Gasteiger partial charge in [0, 0.05) is 13.7 Å². The lowest BCUT2D eigenvalue weighted by atomic mass is 9.85. The summed E-state index contributed by atoms with van der Waals surface area (Å²) in [6, 6.07) is 0. The summed E-state index contributed by atoms with van der Waals surface area (Å²) in [6.45, 7) is 12.4. The summed E-state index contributed by atoms with van der Waals surface area (Å²) >= 11 is 0. The van der Waals surface area contributed by atoms with Crippen LogP contribution in [0.25, 0.3) is 0 Å². The molecule has 0 aromatic heterocycles. The summed E-state index contributed by atoms with van der Waals surface area (Å²) in [6.07, 6.45) is 2.45. The molecule has 0 saturated carbocycles. The fourth-order valence-corrected chi connectivity index (χ4v) is 2.34. The highest BCUT2D eigenvalue weighted by Gasteiger charge is 2.37. The Hall–Kier alpha value is -0.120. The van der Waals surface area contributed by atoms with E-state index < -0.39 is 0 Å². The van der Waals surface area contributed by atoms with E-state index in [-0.39, 0.29) is 5.54 Å². The average molecular weight is 230 g/mol. The van der Waals surface area contributed by atoms with Crippen LogP contribution in [0.1, 0.15) is 40.5 Å². The van der Waals surface area contributed by atoms with Gasteiger partial charge in [0.05, 0.1) is 12.1 Å². The van der Waals surface area contributed by atoms with Crippen LogP contribution in [0, 0.1) is 5.92 Å². The monoisotopic (exact) mass is 230 g/mol. The molecule has 3 heteroatoms. The van der Waals surface area contributed by atoms with Crippen LogP contribution in [-0.4, -0.2) is 43.8 Å². The Morgan fingerprint density at radius 3 is 2.25 bits per heavy atom. The van der Waals surface area contributed by atoms with Crippen LogP contribution in [0.2, 0.25) is 0 Å². The van der Waals surface area contributed by atoms with Crippen molar-refractivity contribution in [3.63, 3.8) is 0 Å². The molecular formula is C13H30N2O. The van der Waals surface area contributed by atoms with Gasteiger partial charge in [0.25, 0.3) is 0 Å². The minimum atomic E-state index is -0.00132. The summed E-state index contributed by atoms with van der Waals surface area (Å²) in [7, 11) is 1.76. The van der Waals surface area contributed by atoms with Crippen LogP contribution in [0.4, 0.5) is 0 Å². The van der Waals surface area contributed by atoms with Gasteiger partial charge in [-0.15, -0.1) is 0 Å². The molecule has 98 valence electrons. The highest BCUT2D eigenvalue weighted by atomic mass is 16.5. The molecular weight excluding hydrogens is 200 g/mol. The molecule has 0 saturated heterocycles. The van der Waals surface area contributed by atoms with E-state index >= 15 is 0 Å². The van der Waals surface area contributed by atoms with Gasteiger partial charge in [-0.25, -0.2) is 0 Å². The third-order valence-corrected chi connectivity index (χ3v) is 3.62. The van der Waals surface area contributed by atoms with Gasteiger partial charge < -0.3 is 10.5 Å². The minimum absolute atomic E-state index is 0.00132. The molecule has 0 aromatic rings. The topological polar surface area (TPSA) is 38.5 Å². The standard InChI is InChI=1S/C13H30N2O/c1-6-8-9-15(7-2)13(10-14,11-16-5)12(3)4/h12H,6-11,14H2,1-5H3. The van der Waals surface area contributed by atoms with Crippen molar-refractivity contribution in [1.82, 2.24) is 4.90 Å². The Morgan fingerprint density at radius 1 is 1.31 bits per heavy atom. The number of unbranched alkanes of at least 4 members (excludes halogenated alkanes) is 1. The third kappa shape index (κ3) is 3.72. The maximum atomic E-state index is 6.02. The Bertz CT molecular complexity index is 173. The van der Waals surface area contributed by atoms with E-state index in [0.717, 1.165) is 19.7 Å². The van der Waals surface area contributed by atoms with Gasteiger partial charge in [0.15, 0.2) is 0 Å². The second-order valence-corrected chi connectivity index (χ2v) is 4.83. The Morgan fingerprint density at radius 2 is 1.94 bits per heavy atom. The van der Waals surface area contributed by atoms with E-state index in [2.05, 4.69) is 32.6 Å². The van der Waals surface area contributed by atoms with Crippen molar-refractivity contribution in [2.45, 2.75) is 46.1 Å². The van der Waals surface area contributed by atoms with Crippen molar-refractivity contribution in [3.8, 4) is 0 Å². The van der Waals surface area contributed by atoms with E-state index in [1.807, 2.05) is 0 Å². The quantitative estimate of drug-likeness (QED) is 0.659. The van der Waals surface area contributed by atoms with Gasteiger partial charge in [0.2, 0.25) is 0 Å². The number of nitrogens with two attached hydrogens (primary N) is 1. The molecule has 2 N–H and O–H groups in total. The van der Waals surface area contributed by atoms with Crippen LogP contribution >= 0.6 is 0 Å². The molecule has 0 amide bonds. The number of nitrogens with zero attached hydrogens (tertiary/aromatic N) is 1. The van der Waals surface area contributed by atoms with Gasteiger partial charge >= 0.3 is 0 Å². The summed E-state index contributed by atoms with van der Waals surface area (Å²) in [4.78, 5) is 2.49. The van der Waals surface area contributed by atoms with Crippen molar-refractivity contribution in [3.05, 3.63) is 0 Å². The highest BCUT2D eigenvalue weighted by Crippen LogP contribution is 2.25. The lowest BCUT2D eigenvalue weighted by Crippen LogP contribution is -2.60. The number of hydrogen-bond acceptors (Lipinski definition) is 3. The summed E-state index contributed by atoms with van der Waals surface area (Å²) in [5.74, 6) is 0.509. The first kappa shape index (κ1) is 15.9. The molecule has 1 atom stereocenters. The molecule has 0 bridgehead atoms. The molecule has 0 aromatic carbocycles. The molecule has 3 nitrogen and oxygen atoms in total. The molecule has 0 spiro atoms. The number of hydrogen-bond donors (Lipinski definition) is 1. The number of rotatable bonds is 9. The van der Waals surface area contributed by atoms with Gasteiger partial charge in [-0.3, -0.25) is 4.90 Å². The van der Waals surface area contributed by atoms with Crippen LogP contribution in [-0.2, 0) is 4.74 Å². The zero-order valence-electron chi connectivity index (χ0n) is 11.8. The van der Waals surface area contributed by atoms with Crippen molar-refractivity contribution < 1.29 is 4.74 Å². The van der Waals surface area contributed by atoms with Gasteiger partial charge in [-0.05, 0) is 25.4 Å². The smallest absolute Gasteiger partial charge is 0.0661 e. The molecule has 16 heavy (non-hydrogen) atoms. The predicted octanol–water partition coefficient (Wildman–Crippen LogP) is 2.11. The van der Waals surface area contributed by atoms with Crippen LogP contribution in [0.5, 0.6) is 0 Å². The summed E-state index contributed by atoms with van der Waals surface area (Å²) < 4.78 is 5.40. The van der Waals surface area contributed by atoms with E-state index in [9.17, 15) is 0 Å². The fraction of sp³-hybridized carbons (Fsp3) is 1.00. The normalized spacial score (nSPS) is 15.8. The Balaban J connectivity index is 4.78. The Kier molecular flexibility index (Phi) is 7.98. The molecule has 0 aliphatic heterocycles. The first-order valence-electron chi connectivity index (χ1n) is 6.53. The molecule has 0 fully saturated rings. The van der Waals surface area contributed by atoms with E-state index in [1.165, 1.54) is 12.8 Å². The SMILES string of the molecule is CCCCN(CC)C(CN)(COC)C(C)C. The first-order chi connectivity index (χ1) is 7.58. The highest BCUT2D eigenvalue weighted by molar-refractivity contribution is 4.94. The zero-order valence-corrected chi connectivity index (χ0v) is 11.8. The fourth-order valence-electron chi connectivity index (χ4n) is 2.34. The van der Waals surface area contributed by atoms with Crippen LogP contribution in [0.15, 0.2) is 0 Å². The molecule has 0 aliphatic rings. The van der Waals surface area contributed by atoms with Crippen molar-refractivity contribution in [2.24, 2.45) is 11.7 Å². The summed E-state index contributed by atoms with van der Waals surface area (Å²) in [5, 5.41) is 0. The zero-order chi connectivity index (χ0) is 12.6. The molecule has 0 radical (unpaired) electrons. The van der Waals surface area contributed by atoms with Crippen molar-refractivity contribution in [2.75, 3.05) is 33.4 Å².